The molecule has 0 saturated heterocycles. The third-order valence-corrected chi connectivity index (χ3v) is 1.49. The van der Waals surface area contributed by atoms with Crippen LogP contribution >= 0.6 is 0 Å². The molecule has 1 rings (SSSR count). The average molecular weight is 150 g/mol. The van der Waals surface area contributed by atoms with Crippen molar-refractivity contribution in [2.75, 3.05) is 0 Å². The van der Waals surface area contributed by atoms with Crippen LogP contribution in [0.1, 0.15) is 20.8 Å². The third-order valence-electron chi connectivity index (χ3n) is 1.49. The highest BCUT2D eigenvalue weighted by Crippen LogP contribution is 2.11. The number of hydrogen-bond acceptors (Lipinski definition) is 1. The van der Waals surface area contributed by atoms with Crippen LogP contribution in [-0.2, 0) is 4.74 Å². The van der Waals surface area contributed by atoms with Crippen molar-refractivity contribution >= 4 is 0 Å². The Balaban J connectivity index is 2.64. The molecule has 60 valence electrons. The van der Waals surface area contributed by atoms with Crippen molar-refractivity contribution in [1.82, 2.24) is 0 Å². The Kier molecular flexibility index (Phi) is 2.53. The monoisotopic (exact) mass is 150 g/mol. The molecule has 0 spiro atoms. The van der Waals surface area contributed by atoms with Gasteiger partial charge in [0.25, 0.3) is 0 Å². The normalized spacial score (nSPS) is 22.1. The molecule has 0 aromatic rings. The van der Waals surface area contributed by atoms with Gasteiger partial charge in [0.2, 0.25) is 0 Å². The molecule has 0 fully saturated rings. The van der Waals surface area contributed by atoms with Gasteiger partial charge in [0.05, 0.1) is 6.26 Å². The van der Waals surface area contributed by atoms with Crippen molar-refractivity contribution in [2.24, 2.45) is 0 Å². The molecule has 11 heavy (non-hydrogen) atoms. The maximum atomic E-state index is 5.33. The van der Waals surface area contributed by atoms with E-state index in [-0.39, 0.29) is 6.10 Å². The Morgan fingerprint density at radius 2 is 2.27 bits per heavy atom. The minimum Gasteiger partial charge on any atom is -0.490 e. The highest BCUT2D eigenvalue weighted by atomic mass is 16.5. The summed E-state index contributed by atoms with van der Waals surface area (Å²) in [7, 11) is 0. The second-order valence-corrected chi connectivity index (χ2v) is 3.06. The first-order valence-corrected chi connectivity index (χ1v) is 3.84. The zero-order chi connectivity index (χ0) is 8.27. The molecule has 1 unspecified atom stereocenters. The molecule has 0 saturated carbocycles. The molecule has 1 heteroatoms. The van der Waals surface area contributed by atoms with Gasteiger partial charge in [-0.25, -0.2) is 0 Å². The van der Waals surface area contributed by atoms with Gasteiger partial charge in [-0.2, -0.15) is 0 Å². The van der Waals surface area contributed by atoms with E-state index in [1.165, 1.54) is 11.1 Å². The van der Waals surface area contributed by atoms with Gasteiger partial charge in [-0.15, -0.1) is 0 Å². The lowest BCUT2D eigenvalue weighted by Gasteiger charge is -2.13. The Hall–Kier alpha value is -0.980. The summed E-state index contributed by atoms with van der Waals surface area (Å²) in [6, 6.07) is 0. The van der Waals surface area contributed by atoms with Crippen molar-refractivity contribution in [3.8, 4) is 0 Å². The van der Waals surface area contributed by atoms with E-state index in [9.17, 15) is 0 Å². The summed E-state index contributed by atoms with van der Waals surface area (Å²) in [6.45, 7) is 6.22. The lowest BCUT2D eigenvalue weighted by molar-refractivity contribution is 0.222. The lowest BCUT2D eigenvalue weighted by atomic mass is 10.1. The molecule has 0 bridgehead atoms. The van der Waals surface area contributed by atoms with Crippen LogP contribution in [0.25, 0.3) is 0 Å². The van der Waals surface area contributed by atoms with E-state index < -0.39 is 0 Å². The van der Waals surface area contributed by atoms with Crippen molar-refractivity contribution in [2.45, 2.75) is 26.9 Å². The van der Waals surface area contributed by atoms with Crippen molar-refractivity contribution < 1.29 is 4.74 Å². The van der Waals surface area contributed by atoms with Crippen LogP contribution in [0.15, 0.2) is 35.6 Å². The van der Waals surface area contributed by atoms with Crippen LogP contribution in [0.2, 0.25) is 0 Å². The predicted octanol–water partition coefficient (Wildman–Crippen LogP) is 2.81. The Labute approximate surface area is 68.1 Å². The van der Waals surface area contributed by atoms with E-state index in [1.54, 1.807) is 6.26 Å². The van der Waals surface area contributed by atoms with Gasteiger partial charge < -0.3 is 4.74 Å². The molecule has 0 aromatic heterocycles. The fourth-order valence-electron chi connectivity index (χ4n) is 1.01. The number of hydrogen-bond donors (Lipinski definition) is 0. The highest BCUT2D eigenvalue weighted by Gasteiger charge is 2.03. The largest absolute Gasteiger partial charge is 0.490 e. The van der Waals surface area contributed by atoms with Gasteiger partial charge in [0, 0.05) is 0 Å². The maximum absolute atomic E-state index is 5.33. The molecule has 0 amide bonds. The summed E-state index contributed by atoms with van der Waals surface area (Å²) in [5, 5.41) is 0. The minimum atomic E-state index is 0.144. The van der Waals surface area contributed by atoms with Crippen molar-refractivity contribution in [1.29, 1.82) is 0 Å². The van der Waals surface area contributed by atoms with E-state index in [4.69, 9.17) is 4.74 Å². The Morgan fingerprint density at radius 3 is 2.82 bits per heavy atom. The van der Waals surface area contributed by atoms with Crippen molar-refractivity contribution in [3.05, 3.63) is 35.6 Å². The summed E-state index contributed by atoms with van der Waals surface area (Å²) in [5.74, 6) is 0. The van der Waals surface area contributed by atoms with Crippen LogP contribution in [0.4, 0.5) is 0 Å². The summed E-state index contributed by atoms with van der Waals surface area (Å²) in [5.41, 5.74) is 2.55. The zero-order valence-corrected chi connectivity index (χ0v) is 7.29. The summed E-state index contributed by atoms with van der Waals surface area (Å²) in [6.07, 6.45) is 8.07. The topological polar surface area (TPSA) is 9.23 Å². The molecular weight excluding hydrogens is 136 g/mol. The van der Waals surface area contributed by atoms with E-state index in [2.05, 4.69) is 32.9 Å². The van der Waals surface area contributed by atoms with Gasteiger partial charge >= 0.3 is 0 Å². The van der Waals surface area contributed by atoms with Gasteiger partial charge in [0.15, 0.2) is 0 Å². The van der Waals surface area contributed by atoms with Crippen LogP contribution in [-0.4, -0.2) is 6.10 Å². The smallest absolute Gasteiger partial charge is 0.135 e. The fraction of sp³-hybridized carbons (Fsp3) is 0.400. The Bertz CT molecular complexity index is 217. The van der Waals surface area contributed by atoms with Gasteiger partial charge in [0.1, 0.15) is 6.10 Å². The first-order valence-electron chi connectivity index (χ1n) is 3.84. The molecule has 1 aliphatic heterocycles. The number of allylic oxidation sites excluding steroid dienone is 3. The van der Waals surface area contributed by atoms with Crippen LogP contribution in [0.5, 0.6) is 0 Å². The first-order chi connectivity index (χ1) is 5.18. The molecule has 1 aliphatic rings. The predicted molar refractivity (Wildman–Crippen MR) is 47.2 cm³/mol. The van der Waals surface area contributed by atoms with Crippen LogP contribution < -0.4 is 0 Å². The first kappa shape index (κ1) is 8.12. The molecule has 1 atom stereocenters. The summed E-state index contributed by atoms with van der Waals surface area (Å²) in [4.78, 5) is 0. The second kappa shape index (κ2) is 3.42. The van der Waals surface area contributed by atoms with Gasteiger partial charge in [-0.1, -0.05) is 5.57 Å². The SMILES string of the molecule is CC(C)=CC1C=C(C)C=CO1. The summed E-state index contributed by atoms with van der Waals surface area (Å²) >= 11 is 0. The lowest BCUT2D eigenvalue weighted by Crippen LogP contribution is -2.06. The van der Waals surface area contributed by atoms with Gasteiger partial charge in [-0.3, -0.25) is 0 Å². The van der Waals surface area contributed by atoms with Gasteiger partial charge in [-0.05, 0) is 44.6 Å². The Morgan fingerprint density at radius 1 is 1.55 bits per heavy atom. The van der Waals surface area contributed by atoms with E-state index >= 15 is 0 Å². The average Bonchev–Trinajstić information content (AvgIpc) is 1.85. The number of rotatable bonds is 1. The minimum absolute atomic E-state index is 0.144. The molecule has 0 radical (unpaired) electrons. The fourth-order valence-corrected chi connectivity index (χ4v) is 1.01. The molecule has 1 heterocycles. The summed E-state index contributed by atoms with van der Waals surface area (Å²) < 4.78 is 5.33. The molecule has 1 nitrogen and oxygen atoms in total. The quantitative estimate of drug-likeness (QED) is 0.522. The number of ether oxygens (including phenoxy) is 1. The highest BCUT2D eigenvalue weighted by molar-refractivity contribution is 5.23. The molecule has 0 aromatic carbocycles. The van der Waals surface area contributed by atoms with E-state index in [0.29, 0.717) is 0 Å². The van der Waals surface area contributed by atoms with Crippen LogP contribution in [0.3, 0.4) is 0 Å². The van der Waals surface area contributed by atoms with Crippen molar-refractivity contribution in [3.63, 3.8) is 0 Å². The molecule has 0 aliphatic carbocycles. The molecule has 0 N–H and O–H groups in total. The standard InChI is InChI=1S/C10H14O/c1-8(2)6-10-7-9(3)4-5-11-10/h4-7,10H,1-3H3. The molecular formula is C10H14O. The van der Waals surface area contributed by atoms with Crippen LogP contribution in [0, 0.1) is 0 Å². The maximum Gasteiger partial charge on any atom is 0.135 e. The van der Waals surface area contributed by atoms with E-state index in [1.807, 2.05) is 6.08 Å². The zero-order valence-electron chi connectivity index (χ0n) is 7.29. The van der Waals surface area contributed by atoms with E-state index in [0.717, 1.165) is 0 Å². The second-order valence-electron chi connectivity index (χ2n) is 3.06. The third kappa shape index (κ3) is 2.62.